The summed E-state index contributed by atoms with van der Waals surface area (Å²) >= 11 is 0. The van der Waals surface area contributed by atoms with E-state index < -0.39 is 0 Å². The van der Waals surface area contributed by atoms with Crippen LogP contribution in [0.2, 0.25) is 0 Å². The maximum atomic E-state index is 13.0. The second kappa shape index (κ2) is 8.41. The second-order valence-corrected chi connectivity index (χ2v) is 6.21. The lowest BCUT2D eigenvalue weighted by Crippen LogP contribution is -2.27. The van der Waals surface area contributed by atoms with E-state index in [2.05, 4.69) is 5.32 Å². The summed E-state index contributed by atoms with van der Waals surface area (Å²) in [4.78, 5) is 13.0. The van der Waals surface area contributed by atoms with Crippen LogP contribution in [0.3, 0.4) is 0 Å². The lowest BCUT2D eigenvalue weighted by molar-refractivity contribution is 0.0940. The summed E-state index contributed by atoms with van der Waals surface area (Å²) in [5.74, 6) is 1.29. The standard InChI is InChI=1S/C23H23NO3/c1-16(21-15-18(26-2)13-14-22(21)27-3)24-23(25)20-12-8-7-11-19(20)17-9-5-4-6-10-17/h4-16H,1-3H3,(H,24,25). The molecular weight excluding hydrogens is 338 g/mol. The van der Waals surface area contributed by atoms with Crippen LogP contribution in [-0.4, -0.2) is 20.1 Å². The molecule has 1 unspecified atom stereocenters. The van der Waals surface area contributed by atoms with Gasteiger partial charge in [0, 0.05) is 11.1 Å². The Morgan fingerprint density at radius 3 is 2.30 bits per heavy atom. The first kappa shape index (κ1) is 18.5. The van der Waals surface area contributed by atoms with Gasteiger partial charge in [0.1, 0.15) is 11.5 Å². The molecule has 3 rings (SSSR count). The van der Waals surface area contributed by atoms with E-state index in [0.29, 0.717) is 11.3 Å². The molecule has 1 N–H and O–H groups in total. The largest absolute Gasteiger partial charge is 0.497 e. The quantitative estimate of drug-likeness (QED) is 0.682. The third-order valence-electron chi connectivity index (χ3n) is 4.51. The van der Waals surface area contributed by atoms with Gasteiger partial charge in [0.05, 0.1) is 20.3 Å². The molecule has 3 aromatic carbocycles. The van der Waals surface area contributed by atoms with Crippen molar-refractivity contribution in [2.24, 2.45) is 0 Å². The lowest BCUT2D eigenvalue weighted by Gasteiger charge is -2.19. The van der Waals surface area contributed by atoms with Crippen molar-refractivity contribution >= 4 is 5.91 Å². The molecule has 0 bridgehead atoms. The summed E-state index contributed by atoms with van der Waals surface area (Å²) in [5.41, 5.74) is 3.41. The molecule has 4 heteroatoms. The summed E-state index contributed by atoms with van der Waals surface area (Å²) in [6.45, 7) is 1.93. The summed E-state index contributed by atoms with van der Waals surface area (Å²) < 4.78 is 10.7. The van der Waals surface area contributed by atoms with Gasteiger partial charge in [-0.05, 0) is 42.3 Å². The molecule has 0 fully saturated rings. The molecule has 0 spiro atoms. The highest BCUT2D eigenvalue weighted by atomic mass is 16.5. The van der Waals surface area contributed by atoms with Gasteiger partial charge in [-0.25, -0.2) is 0 Å². The van der Waals surface area contributed by atoms with Crippen LogP contribution >= 0.6 is 0 Å². The van der Waals surface area contributed by atoms with Gasteiger partial charge in [-0.1, -0.05) is 48.5 Å². The predicted molar refractivity (Wildman–Crippen MR) is 107 cm³/mol. The molecule has 3 aromatic rings. The van der Waals surface area contributed by atoms with Crippen LogP contribution in [-0.2, 0) is 0 Å². The first-order valence-electron chi connectivity index (χ1n) is 8.81. The SMILES string of the molecule is COc1ccc(OC)c(C(C)NC(=O)c2ccccc2-c2ccccc2)c1. The smallest absolute Gasteiger partial charge is 0.252 e. The predicted octanol–water partition coefficient (Wildman–Crippen LogP) is 4.86. The van der Waals surface area contributed by atoms with Gasteiger partial charge in [-0.2, -0.15) is 0 Å². The summed E-state index contributed by atoms with van der Waals surface area (Å²) in [6.07, 6.45) is 0. The molecule has 138 valence electrons. The Kier molecular flexibility index (Phi) is 5.77. The lowest BCUT2D eigenvalue weighted by atomic mass is 9.98. The number of amides is 1. The van der Waals surface area contributed by atoms with E-state index in [-0.39, 0.29) is 11.9 Å². The van der Waals surface area contributed by atoms with Gasteiger partial charge in [0.25, 0.3) is 5.91 Å². The Labute approximate surface area is 159 Å². The molecule has 0 heterocycles. The van der Waals surface area contributed by atoms with Crippen LogP contribution in [0.1, 0.15) is 28.9 Å². The molecule has 0 saturated carbocycles. The Balaban J connectivity index is 1.89. The summed E-state index contributed by atoms with van der Waals surface area (Å²) in [7, 11) is 3.23. The average molecular weight is 361 g/mol. The van der Waals surface area contributed by atoms with Crippen molar-refractivity contribution in [2.45, 2.75) is 13.0 Å². The van der Waals surface area contributed by atoms with Crippen molar-refractivity contribution in [3.8, 4) is 22.6 Å². The minimum atomic E-state index is -0.244. The Morgan fingerprint density at radius 1 is 0.889 bits per heavy atom. The van der Waals surface area contributed by atoms with Gasteiger partial charge in [0.2, 0.25) is 0 Å². The zero-order valence-corrected chi connectivity index (χ0v) is 15.7. The van der Waals surface area contributed by atoms with Crippen LogP contribution in [0.15, 0.2) is 72.8 Å². The fourth-order valence-corrected chi connectivity index (χ4v) is 3.08. The van der Waals surface area contributed by atoms with Crippen LogP contribution in [0.5, 0.6) is 11.5 Å². The molecule has 0 saturated heterocycles. The Morgan fingerprint density at radius 2 is 1.59 bits per heavy atom. The molecule has 1 amide bonds. The van der Waals surface area contributed by atoms with Crippen molar-refractivity contribution in [1.82, 2.24) is 5.32 Å². The molecule has 0 aliphatic carbocycles. The zero-order valence-electron chi connectivity index (χ0n) is 15.7. The van der Waals surface area contributed by atoms with Crippen molar-refractivity contribution < 1.29 is 14.3 Å². The van der Waals surface area contributed by atoms with E-state index in [4.69, 9.17) is 9.47 Å². The number of nitrogens with one attached hydrogen (secondary N) is 1. The number of hydrogen-bond acceptors (Lipinski definition) is 3. The highest BCUT2D eigenvalue weighted by Gasteiger charge is 2.18. The van der Waals surface area contributed by atoms with Crippen molar-refractivity contribution in [3.05, 3.63) is 83.9 Å². The average Bonchev–Trinajstić information content (AvgIpc) is 2.73. The second-order valence-electron chi connectivity index (χ2n) is 6.21. The van der Waals surface area contributed by atoms with Gasteiger partial charge in [-0.15, -0.1) is 0 Å². The van der Waals surface area contributed by atoms with Crippen LogP contribution in [0.4, 0.5) is 0 Å². The maximum absolute atomic E-state index is 13.0. The fraction of sp³-hybridized carbons (Fsp3) is 0.174. The molecule has 0 aliphatic heterocycles. The number of hydrogen-bond donors (Lipinski definition) is 1. The van der Waals surface area contributed by atoms with E-state index >= 15 is 0 Å². The Bertz CT molecular complexity index is 922. The summed E-state index contributed by atoms with van der Waals surface area (Å²) in [5, 5.41) is 3.07. The number of ether oxygens (including phenoxy) is 2. The van der Waals surface area contributed by atoms with E-state index in [0.717, 1.165) is 22.4 Å². The number of benzene rings is 3. The highest BCUT2D eigenvalue weighted by Crippen LogP contribution is 2.30. The highest BCUT2D eigenvalue weighted by molar-refractivity contribution is 6.01. The third-order valence-corrected chi connectivity index (χ3v) is 4.51. The van der Waals surface area contributed by atoms with E-state index in [1.807, 2.05) is 79.7 Å². The molecule has 27 heavy (non-hydrogen) atoms. The fourth-order valence-electron chi connectivity index (χ4n) is 3.08. The number of methoxy groups -OCH3 is 2. The number of carbonyl (C=O) groups is 1. The molecule has 0 aromatic heterocycles. The molecule has 1 atom stereocenters. The van der Waals surface area contributed by atoms with Crippen molar-refractivity contribution in [1.29, 1.82) is 0 Å². The number of rotatable bonds is 6. The topological polar surface area (TPSA) is 47.6 Å². The van der Waals surface area contributed by atoms with Crippen molar-refractivity contribution in [2.75, 3.05) is 14.2 Å². The maximum Gasteiger partial charge on any atom is 0.252 e. The van der Waals surface area contributed by atoms with E-state index in [9.17, 15) is 4.79 Å². The molecule has 0 radical (unpaired) electrons. The first-order valence-corrected chi connectivity index (χ1v) is 8.81. The van der Waals surface area contributed by atoms with E-state index in [1.165, 1.54) is 0 Å². The third kappa shape index (κ3) is 4.11. The Hall–Kier alpha value is -3.27. The normalized spacial score (nSPS) is 11.5. The molecule has 4 nitrogen and oxygen atoms in total. The zero-order chi connectivity index (χ0) is 19.2. The van der Waals surface area contributed by atoms with Gasteiger partial charge < -0.3 is 14.8 Å². The van der Waals surface area contributed by atoms with Gasteiger partial charge in [-0.3, -0.25) is 4.79 Å². The van der Waals surface area contributed by atoms with Gasteiger partial charge >= 0.3 is 0 Å². The first-order chi connectivity index (χ1) is 13.1. The van der Waals surface area contributed by atoms with E-state index in [1.54, 1.807) is 14.2 Å². The summed E-state index contributed by atoms with van der Waals surface area (Å²) in [6, 6.07) is 22.8. The van der Waals surface area contributed by atoms with Crippen LogP contribution in [0.25, 0.3) is 11.1 Å². The minimum Gasteiger partial charge on any atom is -0.497 e. The van der Waals surface area contributed by atoms with Gasteiger partial charge in [0.15, 0.2) is 0 Å². The molecular formula is C23H23NO3. The number of carbonyl (C=O) groups excluding carboxylic acids is 1. The molecule has 0 aliphatic rings. The monoisotopic (exact) mass is 361 g/mol. The minimum absolute atomic E-state index is 0.133. The van der Waals surface area contributed by atoms with Crippen molar-refractivity contribution in [3.63, 3.8) is 0 Å². The van der Waals surface area contributed by atoms with Crippen LogP contribution < -0.4 is 14.8 Å². The van der Waals surface area contributed by atoms with Crippen LogP contribution in [0, 0.1) is 0 Å².